The predicted molar refractivity (Wildman–Crippen MR) is 113 cm³/mol. The number of carbonyl (C=O) groups excluding carboxylic acids is 1. The lowest BCUT2D eigenvalue weighted by atomic mass is 9.93. The highest BCUT2D eigenvalue weighted by Gasteiger charge is 2.23. The van der Waals surface area contributed by atoms with E-state index in [-0.39, 0.29) is 22.5 Å². The zero-order chi connectivity index (χ0) is 20.1. The van der Waals surface area contributed by atoms with Crippen LogP contribution in [0.2, 0.25) is 0 Å². The van der Waals surface area contributed by atoms with Crippen molar-refractivity contribution in [3.8, 4) is 5.75 Å². The summed E-state index contributed by atoms with van der Waals surface area (Å²) in [7, 11) is -2.50. The number of amides is 1. The van der Waals surface area contributed by atoms with E-state index in [4.69, 9.17) is 4.74 Å². The van der Waals surface area contributed by atoms with E-state index in [1.165, 1.54) is 19.2 Å². The van der Waals surface area contributed by atoms with Gasteiger partial charge >= 0.3 is 0 Å². The molecule has 0 saturated heterocycles. The number of hydrogen-bond donors (Lipinski definition) is 2. The first-order valence-electron chi connectivity index (χ1n) is 8.81. The average Bonchev–Trinajstić information content (AvgIpc) is 2.70. The zero-order valence-electron chi connectivity index (χ0n) is 15.3. The lowest BCUT2D eigenvalue weighted by Crippen LogP contribution is -2.23. The van der Waals surface area contributed by atoms with Gasteiger partial charge in [-0.1, -0.05) is 28.1 Å². The Kier molecular flexibility index (Phi) is 6.41. The second-order valence-electron chi connectivity index (χ2n) is 6.45. The van der Waals surface area contributed by atoms with Gasteiger partial charge in [-0.15, -0.1) is 0 Å². The number of halogens is 1. The summed E-state index contributed by atoms with van der Waals surface area (Å²) in [6.45, 7) is 0. The van der Waals surface area contributed by atoms with Crippen LogP contribution in [-0.2, 0) is 14.8 Å². The van der Waals surface area contributed by atoms with Crippen molar-refractivity contribution in [3.63, 3.8) is 0 Å². The van der Waals surface area contributed by atoms with Crippen molar-refractivity contribution in [2.24, 2.45) is 5.92 Å². The minimum absolute atomic E-state index is 0.0424. The molecule has 0 saturated carbocycles. The minimum atomic E-state index is -3.90. The number of allylic oxidation sites excluding steroid dienone is 2. The Morgan fingerprint density at radius 1 is 1.11 bits per heavy atom. The van der Waals surface area contributed by atoms with Crippen molar-refractivity contribution in [1.82, 2.24) is 0 Å². The van der Waals surface area contributed by atoms with Crippen LogP contribution in [0.4, 0.5) is 11.4 Å². The SMILES string of the molecule is COc1ccc(NC(=O)C2CC=CCC2)cc1S(=O)(=O)Nc1ccc(Br)cc1. The van der Waals surface area contributed by atoms with Crippen LogP contribution < -0.4 is 14.8 Å². The molecule has 0 fully saturated rings. The quantitative estimate of drug-likeness (QED) is 0.613. The van der Waals surface area contributed by atoms with E-state index in [1.807, 2.05) is 6.08 Å². The fraction of sp³-hybridized carbons (Fsp3) is 0.250. The molecule has 0 radical (unpaired) electrons. The van der Waals surface area contributed by atoms with Crippen molar-refractivity contribution in [2.75, 3.05) is 17.1 Å². The van der Waals surface area contributed by atoms with E-state index in [1.54, 1.807) is 30.3 Å². The van der Waals surface area contributed by atoms with Crippen molar-refractivity contribution >= 4 is 43.2 Å². The van der Waals surface area contributed by atoms with E-state index in [2.05, 4.69) is 32.0 Å². The highest BCUT2D eigenvalue weighted by atomic mass is 79.9. The van der Waals surface area contributed by atoms with Gasteiger partial charge in [-0.05, 0) is 61.7 Å². The number of anilines is 2. The van der Waals surface area contributed by atoms with Gasteiger partial charge in [0.1, 0.15) is 10.6 Å². The van der Waals surface area contributed by atoms with Gasteiger partial charge in [0.25, 0.3) is 10.0 Å². The minimum Gasteiger partial charge on any atom is -0.495 e. The lowest BCUT2D eigenvalue weighted by molar-refractivity contribution is -0.120. The largest absolute Gasteiger partial charge is 0.495 e. The number of methoxy groups -OCH3 is 1. The molecule has 148 valence electrons. The molecule has 2 aromatic rings. The first-order chi connectivity index (χ1) is 13.4. The molecule has 1 atom stereocenters. The molecule has 1 amide bonds. The highest BCUT2D eigenvalue weighted by molar-refractivity contribution is 9.10. The van der Waals surface area contributed by atoms with E-state index in [0.717, 1.165) is 17.3 Å². The molecule has 8 heteroatoms. The number of rotatable bonds is 6. The summed E-state index contributed by atoms with van der Waals surface area (Å²) in [5.41, 5.74) is 0.838. The summed E-state index contributed by atoms with van der Waals surface area (Å²) < 4.78 is 34.4. The fourth-order valence-electron chi connectivity index (χ4n) is 2.97. The molecular weight excluding hydrogens is 444 g/mol. The van der Waals surface area contributed by atoms with Gasteiger partial charge in [-0.2, -0.15) is 0 Å². The van der Waals surface area contributed by atoms with Crippen LogP contribution in [0.3, 0.4) is 0 Å². The van der Waals surface area contributed by atoms with Crippen LogP contribution in [0.25, 0.3) is 0 Å². The number of benzene rings is 2. The van der Waals surface area contributed by atoms with Gasteiger partial charge in [0.15, 0.2) is 0 Å². The molecule has 0 heterocycles. The van der Waals surface area contributed by atoms with E-state index < -0.39 is 10.0 Å². The molecule has 1 unspecified atom stereocenters. The normalized spacial score (nSPS) is 16.4. The average molecular weight is 465 g/mol. The van der Waals surface area contributed by atoms with Gasteiger partial charge in [0, 0.05) is 21.8 Å². The maximum absolute atomic E-state index is 12.9. The fourth-order valence-corrected chi connectivity index (χ4v) is 4.49. The topological polar surface area (TPSA) is 84.5 Å². The summed E-state index contributed by atoms with van der Waals surface area (Å²) in [6.07, 6.45) is 6.42. The summed E-state index contributed by atoms with van der Waals surface area (Å²) in [4.78, 5) is 12.4. The van der Waals surface area contributed by atoms with Crippen molar-refractivity contribution in [3.05, 3.63) is 59.1 Å². The maximum Gasteiger partial charge on any atom is 0.265 e. The molecule has 0 spiro atoms. The Morgan fingerprint density at radius 2 is 1.82 bits per heavy atom. The molecule has 6 nitrogen and oxygen atoms in total. The third-order valence-corrected chi connectivity index (χ3v) is 6.39. The number of sulfonamides is 1. The molecule has 1 aliphatic rings. The van der Waals surface area contributed by atoms with E-state index in [9.17, 15) is 13.2 Å². The van der Waals surface area contributed by atoms with Crippen LogP contribution in [0.5, 0.6) is 5.75 Å². The van der Waals surface area contributed by atoms with Crippen molar-refractivity contribution in [1.29, 1.82) is 0 Å². The van der Waals surface area contributed by atoms with Crippen LogP contribution >= 0.6 is 15.9 Å². The molecule has 1 aliphatic carbocycles. The smallest absolute Gasteiger partial charge is 0.265 e. The third-order valence-electron chi connectivity index (χ3n) is 4.46. The monoisotopic (exact) mass is 464 g/mol. The Hall–Kier alpha value is -2.32. The summed E-state index contributed by atoms with van der Waals surface area (Å²) >= 11 is 3.32. The Labute approximate surface area is 173 Å². The summed E-state index contributed by atoms with van der Waals surface area (Å²) in [6, 6.07) is 11.4. The van der Waals surface area contributed by atoms with Crippen molar-refractivity contribution in [2.45, 2.75) is 24.2 Å². The number of hydrogen-bond acceptors (Lipinski definition) is 4. The molecular formula is C20H21BrN2O4S. The highest BCUT2D eigenvalue weighted by Crippen LogP contribution is 2.30. The summed E-state index contributed by atoms with van der Waals surface area (Å²) in [5.74, 6) is -0.0185. The van der Waals surface area contributed by atoms with Crippen LogP contribution in [0.15, 0.2) is 64.0 Å². The van der Waals surface area contributed by atoms with Crippen LogP contribution in [-0.4, -0.2) is 21.4 Å². The summed E-state index contributed by atoms with van der Waals surface area (Å²) in [5, 5.41) is 2.82. The van der Waals surface area contributed by atoms with Crippen LogP contribution in [0, 0.1) is 5.92 Å². The Balaban J connectivity index is 1.84. The number of nitrogens with one attached hydrogen (secondary N) is 2. The molecule has 28 heavy (non-hydrogen) atoms. The molecule has 0 bridgehead atoms. The first-order valence-corrected chi connectivity index (χ1v) is 11.1. The standard InChI is InChI=1S/C20H21BrN2O4S/c1-27-18-12-11-17(22-20(24)14-5-3-2-4-6-14)13-19(18)28(25,26)23-16-9-7-15(21)8-10-16/h2-3,7-14,23H,4-6H2,1H3,(H,22,24). The Morgan fingerprint density at radius 3 is 2.46 bits per heavy atom. The van der Waals surface area contributed by atoms with Gasteiger partial charge in [0.2, 0.25) is 5.91 Å². The second-order valence-corrected chi connectivity index (χ2v) is 9.02. The lowest BCUT2D eigenvalue weighted by Gasteiger charge is -2.18. The van der Waals surface area contributed by atoms with Gasteiger partial charge in [-0.3, -0.25) is 9.52 Å². The van der Waals surface area contributed by atoms with Crippen molar-refractivity contribution < 1.29 is 17.9 Å². The molecule has 2 aromatic carbocycles. The number of ether oxygens (including phenoxy) is 1. The number of carbonyl (C=O) groups is 1. The molecule has 0 aromatic heterocycles. The second kappa shape index (κ2) is 8.79. The van der Waals surface area contributed by atoms with Crippen LogP contribution in [0.1, 0.15) is 19.3 Å². The Bertz CT molecular complexity index is 988. The van der Waals surface area contributed by atoms with Gasteiger partial charge < -0.3 is 10.1 Å². The van der Waals surface area contributed by atoms with Gasteiger partial charge in [0.05, 0.1) is 7.11 Å². The third kappa shape index (κ3) is 4.94. The molecule has 3 rings (SSSR count). The zero-order valence-corrected chi connectivity index (χ0v) is 17.7. The molecule has 0 aliphatic heterocycles. The van der Waals surface area contributed by atoms with Gasteiger partial charge in [-0.25, -0.2) is 8.42 Å². The van der Waals surface area contributed by atoms with E-state index >= 15 is 0 Å². The maximum atomic E-state index is 12.9. The molecule has 2 N–H and O–H groups in total. The van der Waals surface area contributed by atoms with E-state index in [0.29, 0.717) is 17.8 Å². The predicted octanol–water partition coefficient (Wildman–Crippen LogP) is 4.55. The first kappa shape index (κ1) is 20.4.